The van der Waals surface area contributed by atoms with Crippen LogP contribution in [0.2, 0.25) is 0 Å². The Labute approximate surface area is 104 Å². The van der Waals surface area contributed by atoms with Gasteiger partial charge >= 0.3 is 17.9 Å². The van der Waals surface area contributed by atoms with Gasteiger partial charge in [0.15, 0.2) is 0 Å². The number of carbonyl (C=O) groups is 3. The molecule has 0 unspecified atom stereocenters. The van der Waals surface area contributed by atoms with E-state index in [-0.39, 0.29) is 31.6 Å². The van der Waals surface area contributed by atoms with Crippen molar-refractivity contribution in [2.45, 2.75) is 19.8 Å². The summed E-state index contributed by atoms with van der Waals surface area (Å²) in [7, 11) is 0. The highest BCUT2D eigenvalue weighted by molar-refractivity contribution is 6.13. The second kappa shape index (κ2) is 8.58. The van der Waals surface area contributed by atoms with Gasteiger partial charge in [0.1, 0.15) is 25.1 Å². The van der Waals surface area contributed by atoms with Crippen LogP contribution in [0.5, 0.6) is 0 Å². The van der Waals surface area contributed by atoms with Crippen LogP contribution >= 0.6 is 11.9 Å². The molecule has 0 atom stereocenters. The average Bonchev–Trinajstić information content (AvgIpc) is 2.30. The van der Waals surface area contributed by atoms with Crippen LogP contribution in [0.4, 0.5) is 0 Å². The Morgan fingerprint density at radius 1 is 1.06 bits per heavy atom. The fourth-order valence-corrected chi connectivity index (χ4v) is 0.805. The first-order valence-electron chi connectivity index (χ1n) is 4.77. The van der Waals surface area contributed by atoms with Gasteiger partial charge in [0, 0.05) is 5.57 Å². The van der Waals surface area contributed by atoms with Crippen molar-refractivity contribution in [2.24, 2.45) is 0 Å². The van der Waals surface area contributed by atoms with E-state index in [0.29, 0.717) is 0 Å². The molecule has 0 aromatic rings. The van der Waals surface area contributed by atoms with Gasteiger partial charge in [-0.2, -0.15) is 0 Å². The van der Waals surface area contributed by atoms with Crippen molar-refractivity contribution >= 4 is 29.8 Å². The van der Waals surface area contributed by atoms with Crippen molar-refractivity contribution in [1.29, 1.82) is 0 Å². The summed E-state index contributed by atoms with van der Waals surface area (Å²) in [6.45, 7) is 4.75. The summed E-state index contributed by atoms with van der Waals surface area (Å²) in [5.74, 6) is -1.86. The fourth-order valence-electron chi connectivity index (χ4n) is 0.728. The third-order valence-corrected chi connectivity index (χ3v) is 1.72. The van der Waals surface area contributed by atoms with Crippen molar-refractivity contribution in [3.8, 4) is 0 Å². The molecule has 96 valence electrons. The molecule has 0 aliphatic heterocycles. The number of esters is 2. The molecule has 0 aromatic carbocycles. The van der Waals surface area contributed by atoms with Gasteiger partial charge in [0.25, 0.3) is 0 Å². The highest BCUT2D eigenvalue weighted by Gasteiger charge is 2.09. The maximum Gasteiger partial charge on any atom is 0.333 e. The Bertz CT molecular complexity index is 312. The van der Waals surface area contributed by atoms with E-state index >= 15 is 0 Å². The third kappa shape index (κ3) is 8.27. The Morgan fingerprint density at radius 2 is 1.59 bits per heavy atom. The predicted molar refractivity (Wildman–Crippen MR) is 57.9 cm³/mol. The smallest absolute Gasteiger partial charge is 0.333 e. The van der Waals surface area contributed by atoms with E-state index in [1.807, 2.05) is 0 Å². The second-order valence-electron chi connectivity index (χ2n) is 3.09. The molecule has 0 fully saturated rings. The Hall–Kier alpha value is -1.56. The van der Waals surface area contributed by atoms with E-state index in [9.17, 15) is 14.4 Å². The van der Waals surface area contributed by atoms with Crippen molar-refractivity contribution in [3.05, 3.63) is 12.2 Å². The van der Waals surface area contributed by atoms with E-state index in [0.717, 1.165) is 0 Å². The minimum Gasteiger partial charge on any atom is -0.462 e. The molecule has 0 N–H and O–H groups in total. The van der Waals surface area contributed by atoms with Crippen LogP contribution in [0, 0.1) is 0 Å². The second-order valence-corrected chi connectivity index (χ2v) is 3.24. The summed E-state index contributed by atoms with van der Waals surface area (Å²) >= 11 is 4.76. The number of halogens is 1. The van der Waals surface area contributed by atoms with Crippen molar-refractivity contribution in [1.82, 2.24) is 0 Å². The summed E-state index contributed by atoms with van der Waals surface area (Å²) in [4.78, 5) is 32.5. The van der Waals surface area contributed by atoms with Crippen LogP contribution in [0.15, 0.2) is 12.2 Å². The monoisotopic (exact) mass is 264 g/mol. The van der Waals surface area contributed by atoms with Gasteiger partial charge in [-0.05, 0) is 6.92 Å². The van der Waals surface area contributed by atoms with Gasteiger partial charge < -0.3 is 13.8 Å². The molecular weight excluding hydrogens is 252 g/mol. The van der Waals surface area contributed by atoms with Crippen LogP contribution in [-0.2, 0) is 28.1 Å². The van der Waals surface area contributed by atoms with Crippen molar-refractivity contribution in [3.63, 3.8) is 0 Å². The molecule has 0 aliphatic carbocycles. The lowest BCUT2D eigenvalue weighted by Crippen LogP contribution is -2.14. The lowest BCUT2D eigenvalue weighted by molar-refractivity contribution is -0.151. The molecule has 0 aliphatic rings. The van der Waals surface area contributed by atoms with Crippen molar-refractivity contribution < 1.29 is 28.1 Å². The fraction of sp³-hybridized carbons (Fsp3) is 0.500. The molecule has 7 heteroatoms. The molecule has 0 bridgehead atoms. The number of rotatable bonds is 7. The quantitative estimate of drug-likeness (QED) is 0.390. The molecule has 6 nitrogen and oxygen atoms in total. The largest absolute Gasteiger partial charge is 0.462 e. The van der Waals surface area contributed by atoms with E-state index in [1.54, 1.807) is 0 Å². The Morgan fingerprint density at radius 3 is 2.12 bits per heavy atom. The van der Waals surface area contributed by atoms with Crippen LogP contribution in [0.25, 0.3) is 0 Å². The first-order valence-corrected chi connectivity index (χ1v) is 5.08. The number of hydrogen-bond donors (Lipinski definition) is 0. The van der Waals surface area contributed by atoms with E-state index in [1.165, 1.54) is 6.92 Å². The maximum atomic E-state index is 11.0. The van der Waals surface area contributed by atoms with Crippen LogP contribution in [0.1, 0.15) is 19.8 Å². The zero-order valence-electron chi connectivity index (χ0n) is 9.36. The highest BCUT2D eigenvalue weighted by atomic mass is 35.5. The number of carbonyl (C=O) groups excluding carboxylic acids is 3. The molecule has 0 saturated heterocycles. The highest BCUT2D eigenvalue weighted by Crippen LogP contribution is 1.98. The summed E-state index contributed by atoms with van der Waals surface area (Å²) in [5, 5.41) is 0. The third-order valence-electron chi connectivity index (χ3n) is 1.55. The standard InChI is InChI=1S/C10H13ClO6/c1-7(2)10(14)16-6-5-15-8(12)3-4-9(13)17-11/h1,3-6H2,2H3. The van der Waals surface area contributed by atoms with Gasteiger partial charge in [0.2, 0.25) is 0 Å². The molecule has 0 radical (unpaired) electrons. The lowest BCUT2D eigenvalue weighted by atomic mass is 10.3. The first kappa shape index (κ1) is 15.4. The van der Waals surface area contributed by atoms with E-state index in [2.05, 4.69) is 20.3 Å². The summed E-state index contributed by atoms with van der Waals surface area (Å²) in [5.41, 5.74) is 0.265. The molecule has 0 amide bonds. The molecule has 0 rings (SSSR count). The zero-order chi connectivity index (χ0) is 13.3. The van der Waals surface area contributed by atoms with E-state index in [4.69, 9.17) is 11.9 Å². The molecule has 0 spiro atoms. The number of ether oxygens (including phenoxy) is 2. The minimum absolute atomic E-state index is 0.0581. The van der Waals surface area contributed by atoms with Gasteiger partial charge in [-0.15, -0.1) is 0 Å². The maximum absolute atomic E-state index is 11.0. The van der Waals surface area contributed by atoms with Gasteiger partial charge in [-0.1, -0.05) is 6.58 Å². The van der Waals surface area contributed by atoms with Gasteiger partial charge in [0.05, 0.1) is 12.8 Å². The lowest BCUT2D eigenvalue weighted by Gasteiger charge is -2.05. The van der Waals surface area contributed by atoms with E-state index < -0.39 is 17.9 Å². The molecule has 17 heavy (non-hydrogen) atoms. The zero-order valence-corrected chi connectivity index (χ0v) is 10.1. The summed E-state index contributed by atoms with van der Waals surface area (Å²) in [6, 6.07) is 0. The molecule has 0 saturated carbocycles. The van der Waals surface area contributed by atoms with Gasteiger partial charge in [-0.3, -0.25) is 9.59 Å². The first-order chi connectivity index (χ1) is 7.97. The normalized spacial score (nSPS) is 9.29. The topological polar surface area (TPSA) is 78.9 Å². The van der Waals surface area contributed by atoms with Crippen LogP contribution < -0.4 is 0 Å². The molecule has 0 heterocycles. The summed E-state index contributed by atoms with van der Waals surface area (Å²) in [6.07, 6.45) is -0.298. The SMILES string of the molecule is C=C(C)C(=O)OCCOC(=O)CCC(=O)OCl. The minimum atomic E-state index is -0.711. The van der Waals surface area contributed by atoms with Gasteiger partial charge in [-0.25, -0.2) is 4.79 Å². The van der Waals surface area contributed by atoms with Crippen LogP contribution in [0.3, 0.4) is 0 Å². The van der Waals surface area contributed by atoms with Crippen molar-refractivity contribution in [2.75, 3.05) is 13.2 Å². The average molecular weight is 265 g/mol. The Kier molecular flexibility index (Phi) is 7.79. The molecule has 0 aromatic heterocycles. The summed E-state index contributed by atoms with van der Waals surface area (Å²) < 4.78 is 13.2. The van der Waals surface area contributed by atoms with Crippen LogP contribution in [-0.4, -0.2) is 31.1 Å². The predicted octanol–water partition coefficient (Wildman–Crippen LogP) is 1.13. The number of hydrogen-bond acceptors (Lipinski definition) is 6. The molecular formula is C10H13ClO6. The Balaban J connectivity index is 3.55.